The number of ether oxygens (including phenoxy) is 2. The Balaban J connectivity index is 1.34. The second-order valence-corrected chi connectivity index (χ2v) is 7.34. The first kappa shape index (κ1) is 19.2. The molecule has 2 aliphatic rings. The van der Waals surface area contributed by atoms with Gasteiger partial charge in [-0.3, -0.25) is 4.79 Å². The van der Waals surface area contributed by atoms with E-state index in [9.17, 15) is 4.79 Å². The minimum Gasteiger partial charge on any atom is -0.454 e. The first-order valence-corrected chi connectivity index (χ1v) is 10.1. The highest BCUT2D eigenvalue weighted by atomic mass is 16.7. The van der Waals surface area contributed by atoms with Gasteiger partial charge >= 0.3 is 0 Å². The summed E-state index contributed by atoms with van der Waals surface area (Å²) in [5, 5.41) is 6.23. The molecule has 4 rings (SSSR count). The smallest absolute Gasteiger partial charge is 0.270 e. The van der Waals surface area contributed by atoms with Crippen molar-refractivity contribution in [2.75, 3.05) is 18.7 Å². The number of rotatable bonds is 7. The van der Waals surface area contributed by atoms with E-state index in [-0.39, 0.29) is 12.7 Å². The zero-order valence-corrected chi connectivity index (χ0v) is 16.7. The largest absolute Gasteiger partial charge is 0.454 e. The molecule has 2 aromatic rings. The molecule has 29 heavy (non-hydrogen) atoms. The van der Waals surface area contributed by atoms with Crippen LogP contribution in [0.15, 0.2) is 35.9 Å². The monoisotopic (exact) mass is 394 g/mol. The number of allylic oxidation sites excluding steroid dienone is 1. The van der Waals surface area contributed by atoms with Gasteiger partial charge in [-0.25, -0.2) is 9.97 Å². The lowest BCUT2D eigenvalue weighted by molar-refractivity contribution is 0.0948. The SMILES string of the molecule is Cc1nc(NCc2ccc3c(c2)OCO3)cc(C(=O)NCCC2=CCCCC2)n1. The average molecular weight is 394 g/mol. The summed E-state index contributed by atoms with van der Waals surface area (Å²) in [6.07, 6.45) is 8.05. The number of hydrogen-bond acceptors (Lipinski definition) is 6. The van der Waals surface area contributed by atoms with Crippen molar-refractivity contribution < 1.29 is 14.3 Å². The molecule has 0 fully saturated rings. The Morgan fingerprint density at radius 1 is 1.14 bits per heavy atom. The number of aromatic nitrogens is 2. The quantitative estimate of drug-likeness (QED) is 0.696. The molecule has 1 aromatic heterocycles. The zero-order valence-electron chi connectivity index (χ0n) is 16.7. The standard InChI is InChI=1S/C22H26N4O3/c1-15-25-18(22(27)23-10-9-16-5-3-2-4-6-16)12-21(26-15)24-13-17-7-8-19-20(11-17)29-14-28-19/h5,7-8,11-12H,2-4,6,9-10,13-14H2,1H3,(H,23,27)(H,24,25,26). The number of nitrogens with zero attached hydrogens (tertiary/aromatic N) is 2. The first-order valence-electron chi connectivity index (χ1n) is 10.1. The van der Waals surface area contributed by atoms with Crippen molar-refractivity contribution in [3.05, 3.63) is 53.0 Å². The molecule has 1 aromatic carbocycles. The Hall–Kier alpha value is -3.09. The van der Waals surface area contributed by atoms with E-state index in [0.29, 0.717) is 30.4 Å². The third-order valence-electron chi connectivity index (χ3n) is 5.10. The topological polar surface area (TPSA) is 85.4 Å². The lowest BCUT2D eigenvalue weighted by Crippen LogP contribution is -2.26. The van der Waals surface area contributed by atoms with Gasteiger partial charge < -0.3 is 20.1 Å². The van der Waals surface area contributed by atoms with Crippen molar-refractivity contribution in [1.29, 1.82) is 0 Å². The van der Waals surface area contributed by atoms with Crippen LogP contribution in [0.3, 0.4) is 0 Å². The van der Waals surface area contributed by atoms with Gasteiger partial charge in [0.25, 0.3) is 5.91 Å². The van der Waals surface area contributed by atoms with Gasteiger partial charge in [-0.1, -0.05) is 17.7 Å². The average Bonchev–Trinajstić information content (AvgIpc) is 3.20. The van der Waals surface area contributed by atoms with E-state index in [2.05, 4.69) is 26.7 Å². The van der Waals surface area contributed by atoms with E-state index in [1.54, 1.807) is 13.0 Å². The van der Waals surface area contributed by atoms with Crippen LogP contribution in [0.2, 0.25) is 0 Å². The van der Waals surface area contributed by atoms with Crippen LogP contribution in [0.25, 0.3) is 0 Å². The molecule has 1 aliphatic carbocycles. The van der Waals surface area contributed by atoms with Crippen LogP contribution in [0.5, 0.6) is 11.5 Å². The third kappa shape index (κ3) is 5.04. The molecule has 2 N–H and O–H groups in total. The highest BCUT2D eigenvalue weighted by Gasteiger charge is 2.14. The summed E-state index contributed by atoms with van der Waals surface area (Å²) in [5.41, 5.74) is 2.86. The minimum atomic E-state index is -0.168. The predicted molar refractivity (Wildman–Crippen MR) is 110 cm³/mol. The fourth-order valence-electron chi connectivity index (χ4n) is 3.58. The van der Waals surface area contributed by atoms with Gasteiger partial charge in [0, 0.05) is 19.2 Å². The lowest BCUT2D eigenvalue weighted by Gasteiger charge is -2.13. The van der Waals surface area contributed by atoms with Gasteiger partial charge in [0.2, 0.25) is 6.79 Å². The second-order valence-electron chi connectivity index (χ2n) is 7.34. The Morgan fingerprint density at radius 3 is 2.90 bits per heavy atom. The maximum atomic E-state index is 12.5. The number of amides is 1. The highest BCUT2D eigenvalue weighted by molar-refractivity contribution is 5.92. The number of hydrogen-bond donors (Lipinski definition) is 2. The van der Waals surface area contributed by atoms with Crippen LogP contribution in [-0.4, -0.2) is 29.2 Å². The summed E-state index contributed by atoms with van der Waals surface area (Å²) in [6.45, 7) is 3.23. The molecule has 0 saturated heterocycles. The normalized spacial score (nSPS) is 15.0. The Morgan fingerprint density at radius 2 is 2.03 bits per heavy atom. The number of anilines is 1. The van der Waals surface area contributed by atoms with E-state index in [0.717, 1.165) is 36.3 Å². The molecule has 7 nitrogen and oxygen atoms in total. The van der Waals surface area contributed by atoms with E-state index in [1.807, 2.05) is 18.2 Å². The van der Waals surface area contributed by atoms with E-state index < -0.39 is 0 Å². The van der Waals surface area contributed by atoms with E-state index in [4.69, 9.17) is 9.47 Å². The number of fused-ring (bicyclic) bond motifs is 1. The number of nitrogens with one attached hydrogen (secondary N) is 2. The summed E-state index contributed by atoms with van der Waals surface area (Å²) < 4.78 is 10.7. The van der Waals surface area contributed by atoms with E-state index in [1.165, 1.54) is 18.4 Å². The highest BCUT2D eigenvalue weighted by Crippen LogP contribution is 2.32. The number of carbonyl (C=O) groups excluding carboxylic acids is 1. The molecule has 0 radical (unpaired) electrons. The number of benzene rings is 1. The third-order valence-corrected chi connectivity index (χ3v) is 5.10. The number of aryl methyl sites for hydroxylation is 1. The molecule has 0 bridgehead atoms. The van der Waals surface area contributed by atoms with Crippen LogP contribution < -0.4 is 20.1 Å². The van der Waals surface area contributed by atoms with E-state index >= 15 is 0 Å². The fraction of sp³-hybridized carbons (Fsp3) is 0.409. The summed E-state index contributed by atoms with van der Waals surface area (Å²) >= 11 is 0. The maximum Gasteiger partial charge on any atom is 0.270 e. The van der Waals surface area contributed by atoms with Gasteiger partial charge in [-0.05, 0) is 56.7 Å². The molecule has 1 aliphatic heterocycles. The molecule has 152 valence electrons. The molecule has 0 unspecified atom stereocenters. The Bertz CT molecular complexity index is 926. The molecule has 0 spiro atoms. The van der Waals surface area contributed by atoms with Gasteiger partial charge in [0.05, 0.1) is 0 Å². The molecule has 1 amide bonds. The van der Waals surface area contributed by atoms with Crippen LogP contribution >= 0.6 is 0 Å². The predicted octanol–water partition coefficient (Wildman–Crippen LogP) is 3.75. The summed E-state index contributed by atoms with van der Waals surface area (Å²) in [7, 11) is 0. The summed E-state index contributed by atoms with van der Waals surface area (Å²) in [4.78, 5) is 21.2. The molecule has 2 heterocycles. The Labute approximate surface area is 170 Å². The minimum absolute atomic E-state index is 0.168. The number of carbonyl (C=O) groups is 1. The van der Waals surface area contributed by atoms with Crippen LogP contribution in [0.4, 0.5) is 5.82 Å². The molecule has 7 heteroatoms. The van der Waals surface area contributed by atoms with Crippen LogP contribution in [0.1, 0.15) is 54.0 Å². The van der Waals surface area contributed by atoms with Gasteiger partial charge in [0.1, 0.15) is 17.3 Å². The molecule has 0 atom stereocenters. The maximum absolute atomic E-state index is 12.5. The summed E-state index contributed by atoms with van der Waals surface area (Å²) in [6, 6.07) is 7.50. The van der Waals surface area contributed by atoms with Crippen molar-refractivity contribution in [1.82, 2.24) is 15.3 Å². The first-order chi connectivity index (χ1) is 14.2. The zero-order chi connectivity index (χ0) is 20.1. The van der Waals surface area contributed by atoms with Gasteiger partial charge in [-0.15, -0.1) is 0 Å². The fourth-order valence-corrected chi connectivity index (χ4v) is 3.58. The molecule has 0 saturated carbocycles. The van der Waals surface area contributed by atoms with Gasteiger partial charge in [-0.2, -0.15) is 0 Å². The van der Waals surface area contributed by atoms with Crippen molar-refractivity contribution >= 4 is 11.7 Å². The van der Waals surface area contributed by atoms with Crippen molar-refractivity contribution in [3.63, 3.8) is 0 Å². The van der Waals surface area contributed by atoms with Crippen molar-refractivity contribution in [2.45, 2.75) is 45.6 Å². The van der Waals surface area contributed by atoms with Crippen LogP contribution in [-0.2, 0) is 6.54 Å². The van der Waals surface area contributed by atoms with Crippen molar-refractivity contribution in [2.24, 2.45) is 0 Å². The van der Waals surface area contributed by atoms with Gasteiger partial charge in [0.15, 0.2) is 11.5 Å². The molecular formula is C22H26N4O3. The van der Waals surface area contributed by atoms with Crippen molar-refractivity contribution in [3.8, 4) is 11.5 Å². The molecular weight excluding hydrogens is 368 g/mol. The second kappa shape index (κ2) is 8.94. The summed E-state index contributed by atoms with van der Waals surface area (Å²) in [5.74, 6) is 2.51. The lowest BCUT2D eigenvalue weighted by atomic mass is 9.97. The van der Waals surface area contributed by atoms with Crippen LogP contribution in [0, 0.1) is 6.92 Å². The Kier molecular flexibility index (Phi) is 5.93.